The molecule has 6 nitrogen and oxygen atoms in total. The van der Waals surface area contributed by atoms with Crippen molar-refractivity contribution < 1.29 is 22.4 Å². The molecule has 0 radical (unpaired) electrons. The van der Waals surface area contributed by atoms with Crippen LogP contribution in [0.2, 0.25) is 0 Å². The Morgan fingerprint density at radius 3 is 2.50 bits per heavy atom. The van der Waals surface area contributed by atoms with E-state index < -0.39 is 17.8 Å². The number of nitrogens with zero attached hydrogens (tertiary/aromatic N) is 2. The van der Waals surface area contributed by atoms with E-state index in [9.17, 15) is 18.0 Å². The molecular formula is C14H9F3N4O2S. The van der Waals surface area contributed by atoms with Gasteiger partial charge in [0, 0.05) is 4.88 Å². The van der Waals surface area contributed by atoms with Crippen LogP contribution in [0.4, 0.5) is 23.7 Å². The van der Waals surface area contributed by atoms with Gasteiger partial charge < -0.3 is 15.5 Å². The highest BCUT2D eigenvalue weighted by Crippen LogP contribution is 2.41. The van der Waals surface area contributed by atoms with Gasteiger partial charge in [-0.2, -0.15) is 13.2 Å². The summed E-state index contributed by atoms with van der Waals surface area (Å²) in [4.78, 5) is 12.2. The second-order valence-electron chi connectivity index (χ2n) is 4.66. The monoisotopic (exact) mass is 354 g/mol. The number of primary amides is 1. The quantitative estimate of drug-likeness (QED) is 0.744. The number of urea groups is 1. The number of alkyl halides is 3. The average molecular weight is 354 g/mol. The van der Waals surface area contributed by atoms with Crippen LogP contribution in [0.1, 0.15) is 5.56 Å². The fourth-order valence-electron chi connectivity index (χ4n) is 2.01. The molecular weight excluding hydrogens is 345 g/mol. The fourth-order valence-corrected chi connectivity index (χ4v) is 3.06. The molecule has 0 aliphatic rings. The number of nitrogens with one attached hydrogen (secondary N) is 1. The summed E-state index contributed by atoms with van der Waals surface area (Å²) in [6, 6.07) is 5.47. The summed E-state index contributed by atoms with van der Waals surface area (Å²) < 4.78 is 43.0. The zero-order valence-electron chi connectivity index (χ0n) is 11.8. The van der Waals surface area contributed by atoms with Crippen LogP contribution < -0.4 is 11.1 Å². The van der Waals surface area contributed by atoms with Gasteiger partial charge in [0.25, 0.3) is 5.89 Å². The lowest BCUT2D eigenvalue weighted by Crippen LogP contribution is -2.19. The lowest BCUT2D eigenvalue weighted by molar-refractivity contribution is -0.137. The first-order valence-electron chi connectivity index (χ1n) is 6.49. The number of benzene rings is 1. The summed E-state index contributed by atoms with van der Waals surface area (Å²) in [6.07, 6.45) is -3.28. The van der Waals surface area contributed by atoms with Crippen LogP contribution in [-0.4, -0.2) is 16.2 Å². The maximum Gasteiger partial charge on any atom is 0.416 e. The number of thiophene rings is 1. The summed E-state index contributed by atoms with van der Waals surface area (Å²) >= 11 is 1.18. The fraction of sp³-hybridized carbons (Fsp3) is 0.0714. The number of carbonyl (C=O) groups is 1. The Bertz CT molecular complexity index is 857. The second-order valence-corrected chi connectivity index (χ2v) is 5.71. The van der Waals surface area contributed by atoms with Crippen molar-refractivity contribution in [2.24, 2.45) is 5.73 Å². The molecule has 1 aromatic carbocycles. The first kappa shape index (κ1) is 16.0. The van der Waals surface area contributed by atoms with Crippen LogP contribution in [0.15, 0.2) is 41.1 Å². The average Bonchev–Trinajstić information content (AvgIpc) is 3.15. The molecule has 24 heavy (non-hydrogen) atoms. The minimum Gasteiger partial charge on any atom is -0.423 e. The van der Waals surface area contributed by atoms with E-state index in [2.05, 4.69) is 15.5 Å². The highest BCUT2D eigenvalue weighted by Gasteiger charge is 2.30. The van der Waals surface area contributed by atoms with Crippen molar-refractivity contribution in [2.45, 2.75) is 6.18 Å². The molecule has 2 heterocycles. The summed E-state index contributed by atoms with van der Waals surface area (Å²) in [5.74, 6) is 0.168. The van der Waals surface area contributed by atoms with Gasteiger partial charge in [-0.05, 0) is 23.8 Å². The van der Waals surface area contributed by atoms with Crippen molar-refractivity contribution in [1.29, 1.82) is 0 Å². The molecule has 124 valence electrons. The highest BCUT2D eigenvalue weighted by molar-refractivity contribution is 7.19. The SMILES string of the molecule is NC(=O)Nc1cc(-c2ccc(C(F)(F)F)cc2)sc1-c1nnco1. The smallest absolute Gasteiger partial charge is 0.416 e. The maximum absolute atomic E-state index is 12.6. The summed E-state index contributed by atoms with van der Waals surface area (Å²) in [7, 11) is 0. The summed E-state index contributed by atoms with van der Waals surface area (Å²) in [5.41, 5.74) is 5.27. The van der Waals surface area contributed by atoms with Crippen molar-refractivity contribution in [3.8, 4) is 21.2 Å². The van der Waals surface area contributed by atoms with Crippen LogP contribution >= 0.6 is 11.3 Å². The van der Waals surface area contributed by atoms with Gasteiger partial charge in [0.1, 0.15) is 4.88 Å². The van der Waals surface area contributed by atoms with Gasteiger partial charge in [0.05, 0.1) is 11.3 Å². The third kappa shape index (κ3) is 3.23. The molecule has 3 aromatic rings. The molecule has 0 atom stereocenters. The zero-order valence-corrected chi connectivity index (χ0v) is 12.6. The number of hydrogen-bond acceptors (Lipinski definition) is 5. The van der Waals surface area contributed by atoms with Crippen molar-refractivity contribution >= 4 is 23.1 Å². The number of halogens is 3. The van der Waals surface area contributed by atoms with Crippen LogP contribution in [0, 0.1) is 0 Å². The Morgan fingerprint density at radius 2 is 1.96 bits per heavy atom. The molecule has 10 heteroatoms. The molecule has 3 N–H and O–H groups in total. The third-order valence-corrected chi connectivity index (χ3v) is 4.21. The number of anilines is 1. The Morgan fingerprint density at radius 1 is 1.25 bits per heavy atom. The van der Waals surface area contributed by atoms with Gasteiger partial charge in [-0.3, -0.25) is 0 Å². The molecule has 0 spiro atoms. The number of aromatic nitrogens is 2. The van der Waals surface area contributed by atoms with Crippen molar-refractivity contribution in [2.75, 3.05) is 5.32 Å². The molecule has 0 aliphatic carbocycles. The number of carbonyl (C=O) groups excluding carboxylic acids is 1. The first-order valence-corrected chi connectivity index (χ1v) is 7.30. The predicted molar refractivity (Wildman–Crippen MR) is 81.3 cm³/mol. The van der Waals surface area contributed by atoms with Gasteiger partial charge in [0.15, 0.2) is 0 Å². The van der Waals surface area contributed by atoms with Crippen molar-refractivity contribution in [3.05, 3.63) is 42.3 Å². The van der Waals surface area contributed by atoms with Crippen LogP contribution in [0.3, 0.4) is 0 Å². The largest absolute Gasteiger partial charge is 0.423 e. The number of hydrogen-bond donors (Lipinski definition) is 2. The predicted octanol–water partition coefficient (Wildman–Crippen LogP) is 3.97. The van der Waals surface area contributed by atoms with E-state index in [1.54, 1.807) is 6.07 Å². The van der Waals surface area contributed by atoms with E-state index in [1.807, 2.05) is 0 Å². The molecule has 2 aromatic heterocycles. The third-order valence-electron chi connectivity index (χ3n) is 3.04. The molecule has 0 bridgehead atoms. The number of nitrogens with two attached hydrogens (primary N) is 1. The highest BCUT2D eigenvalue weighted by atomic mass is 32.1. The van der Waals surface area contributed by atoms with E-state index >= 15 is 0 Å². The normalized spacial score (nSPS) is 11.5. The Labute approximate surface area is 137 Å². The lowest BCUT2D eigenvalue weighted by Gasteiger charge is -2.06. The molecule has 0 unspecified atom stereocenters. The molecule has 0 saturated carbocycles. The first-order chi connectivity index (χ1) is 11.3. The van der Waals surface area contributed by atoms with E-state index in [0.29, 0.717) is 21.0 Å². The van der Waals surface area contributed by atoms with Gasteiger partial charge in [-0.1, -0.05) is 12.1 Å². The van der Waals surface area contributed by atoms with Gasteiger partial charge in [-0.25, -0.2) is 4.79 Å². The Kier molecular flexibility index (Phi) is 3.97. The Balaban J connectivity index is 2.01. The summed E-state index contributed by atoms with van der Waals surface area (Å²) in [6.45, 7) is 0. The molecule has 3 rings (SSSR count). The molecule has 0 aliphatic heterocycles. The number of amides is 2. The molecule has 2 amide bonds. The van der Waals surface area contributed by atoms with Gasteiger partial charge >= 0.3 is 12.2 Å². The van der Waals surface area contributed by atoms with Crippen LogP contribution in [0.25, 0.3) is 21.2 Å². The van der Waals surface area contributed by atoms with Crippen molar-refractivity contribution in [1.82, 2.24) is 10.2 Å². The lowest BCUT2D eigenvalue weighted by atomic mass is 10.1. The minimum atomic E-state index is -4.40. The second kappa shape index (κ2) is 5.96. The molecule has 0 saturated heterocycles. The zero-order chi connectivity index (χ0) is 17.3. The van der Waals surface area contributed by atoms with Gasteiger partial charge in [-0.15, -0.1) is 21.5 Å². The minimum absolute atomic E-state index is 0.168. The van der Waals surface area contributed by atoms with E-state index in [4.69, 9.17) is 10.2 Å². The van der Waals surface area contributed by atoms with Crippen molar-refractivity contribution in [3.63, 3.8) is 0 Å². The molecule has 0 fully saturated rings. The van der Waals surface area contributed by atoms with E-state index in [-0.39, 0.29) is 5.89 Å². The maximum atomic E-state index is 12.6. The standard InChI is InChI=1S/C14H9F3N4O2S/c15-14(16,17)8-3-1-7(2-4-8)10-5-9(20-13(18)22)11(24-10)12-21-19-6-23-12/h1-6H,(H3,18,20,22). The van der Waals surface area contributed by atoms with Crippen LogP contribution in [-0.2, 0) is 6.18 Å². The van der Waals surface area contributed by atoms with Gasteiger partial charge in [0.2, 0.25) is 6.39 Å². The van der Waals surface area contributed by atoms with E-state index in [0.717, 1.165) is 18.5 Å². The van der Waals surface area contributed by atoms with Crippen LogP contribution in [0.5, 0.6) is 0 Å². The topological polar surface area (TPSA) is 94.0 Å². The summed E-state index contributed by atoms with van der Waals surface area (Å²) in [5, 5.41) is 9.75. The van der Waals surface area contributed by atoms with E-state index in [1.165, 1.54) is 23.5 Å². The number of rotatable bonds is 3. The Hall–Kier alpha value is -2.88.